The Morgan fingerprint density at radius 1 is 1.24 bits per heavy atom. The van der Waals surface area contributed by atoms with E-state index in [0.717, 1.165) is 16.9 Å². The highest BCUT2D eigenvalue weighted by atomic mass is 32.1. The Balaban J connectivity index is 1.74. The number of nitrogens with zero attached hydrogens (tertiary/aromatic N) is 4. The van der Waals surface area contributed by atoms with E-state index in [1.54, 1.807) is 19.1 Å². The minimum atomic E-state index is -0.616. The van der Waals surface area contributed by atoms with E-state index in [0.29, 0.717) is 21.3 Å². The van der Waals surface area contributed by atoms with Gasteiger partial charge in [0.15, 0.2) is 0 Å². The number of hydrazone groups is 1. The van der Waals surface area contributed by atoms with Crippen LogP contribution in [0.5, 0.6) is 0 Å². The number of benzene rings is 2. The van der Waals surface area contributed by atoms with Gasteiger partial charge in [-0.05, 0) is 35.7 Å². The highest BCUT2D eigenvalue weighted by Gasteiger charge is 2.20. The lowest BCUT2D eigenvalue weighted by Gasteiger charge is -2.12. The summed E-state index contributed by atoms with van der Waals surface area (Å²) in [6.45, 7) is 1.91. The fourth-order valence-electron chi connectivity index (χ4n) is 3.30. The molecule has 33 heavy (non-hydrogen) atoms. The van der Waals surface area contributed by atoms with E-state index in [-0.39, 0.29) is 28.6 Å². The molecule has 0 fully saturated rings. The second kappa shape index (κ2) is 9.01. The fourth-order valence-corrected chi connectivity index (χ4v) is 4.32. The van der Waals surface area contributed by atoms with Crippen molar-refractivity contribution in [3.8, 4) is 0 Å². The van der Waals surface area contributed by atoms with Gasteiger partial charge in [0.1, 0.15) is 4.83 Å². The van der Waals surface area contributed by atoms with E-state index >= 15 is 0 Å². The molecule has 11 heteroatoms. The van der Waals surface area contributed by atoms with Gasteiger partial charge in [-0.15, -0.1) is 11.3 Å². The van der Waals surface area contributed by atoms with Gasteiger partial charge in [-0.1, -0.05) is 30.3 Å². The van der Waals surface area contributed by atoms with Gasteiger partial charge in [0.2, 0.25) is 5.95 Å². The average Bonchev–Trinajstić information content (AvgIpc) is 3.14. The molecule has 0 aliphatic heterocycles. The zero-order valence-corrected chi connectivity index (χ0v) is 18.2. The van der Waals surface area contributed by atoms with E-state index in [1.165, 1.54) is 22.9 Å². The number of aromatic nitrogens is 2. The van der Waals surface area contributed by atoms with Crippen LogP contribution in [0.4, 0.5) is 11.6 Å². The maximum absolute atomic E-state index is 13.4. The first-order chi connectivity index (χ1) is 15.8. The smallest absolute Gasteiger partial charge is 0.269 e. The predicted molar refractivity (Wildman–Crippen MR) is 127 cm³/mol. The SMILES string of the molecule is Cc1c(C(N)=O)sc2nc(N/N=C/c3ccc([N+](=O)[O-])cc3)n(Cc3ccccc3)c(=O)c12. The van der Waals surface area contributed by atoms with Crippen molar-refractivity contribution in [3.05, 3.63) is 96.6 Å². The second-order valence-electron chi connectivity index (χ2n) is 7.13. The first kappa shape index (κ1) is 21.8. The lowest BCUT2D eigenvalue weighted by molar-refractivity contribution is -0.384. The summed E-state index contributed by atoms with van der Waals surface area (Å²) >= 11 is 1.05. The molecule has 0 saturated carbocycles. The molecule has 0 atom stereocenters. The summed E-state index contributed by atoms with van der Waals surface area (Å²) in [6, 6.07) is 15.2. The highest BCUT2D eigenvalue weighted by molar-refractivity contribution is 7.20. The molecule has 3 N–H and O–H groups in total. The molecule has 166 valence electrons. The number of primary amides is 1. The van der Waals surface area contributed by atoms with Crippen LogP contribution >= 0.6 is 11.3 Å². The zero-order valence-electron chi connectivity index (χ0n) is 17.4. The molecule has 4 rings (SSSR count). The van der Waals surface area contributed by atoms with E-state index < -0.39 is 10.8 Å². The van der Waals surface area contributed by atoms with Crippen LogP contribution in [0.3, 0.4) is 0 Å². The summed E-state index contributed by atoms with van der Waals surface area (Å²) in [5.41, 5.74) is 9.90. The lowest BCUT2D eigenvalue weighted by Crippen LogP contribution is -2.24. The normalized spacial score (nSPS) is 11.2. The molecule has 2 aromatic heterocycles. The maximum Gasteiger partial charge on any atom is 0.269 e. The highest BCUT2D eigenvalue weighted by Crippen LogP contribution is 2.28. The van der Waals surface area contributed by atoms with Crippen molar-refractivity contribution in [2.24, 2.45) is 10.8 Å². The van der Waals surface area contributed by atoms with Crippen molar-refractivity contribution in [2.45, 2.75) is 13.5 Å². The number of rotatable bonds is 7. The Morgan fingerprint density at radius 3 is 2.58 bits per heavy atom. The molecular weight excluding hydrogens is 444 g/mol. The summed E-state index contributed by atoms with van der Waals surface area (Å²) in [7, 11) is 0. The van der Waals surface area contributed by atoms with Crippen LogP contribution in [-0.4, -0.2) is 26.6 Å². The zero-order chi connectivity index (χ0) is 23.5. The summed E-state index contributed by atoms with van der Waals surface area (Å²) in [4.78, 5) is 40.6. The van der Waals surface area contributed by atoms with Crippen molar-refractivity contribution >= 4 is 45.3 Å². The van der Waals surface area contributed by atoms with Crippen LogP contribution in [0.15, 0.2) is 64.5 Å². The number of amides is 1. The van der Waals surface area contributed by atoms with Crippen LogP contribution in [0.1, 0.15) is 26.4 Å². The molecule has 0 unspecified atom stereocenters. The molecule has 0 radical (unpaired) electrons. The number of nitro groups is 1. The van der Waals surface area contributed by atoms with Gasteiger partial charge in [0.05, 0.1) is 27.9 Å². The molecule has 0 aliphatic carbocycles. The Hall–Kier alpha value is -4.38. The van der Waals surface area contributed by atoms with Gasteiger partial charge in [0.25, 0.3) is 17.2 Å². The van der Waals surface area contributed by atoms with Gasteiger partial charge in [-0.3, -0.25) is 24.3 Å². The molecule has 10 nitrogen and oxygen atoms in total. The number of nitrogens with one attached hydrogen (secondary N) is 1. The number of fused-ring (bicyclic) bond motifs is 1. The van der Waals surface area contributed by atoms with E-state index in [4.69, 9.17) is 5.73 Å². The number of aryl methyl sites for hydroxylation is 1. The number of thiophene rings is 1. The third-order valence-corrected chi connectivity index (χ3v) is 6.14. The quantitative estimate of drug-likeness (QED) is 0.245. The van der Waals surface area contributed by atoms with Crippen molar-refractivity contribution in [1.29, 1.82) is 0 Å². The Kier molecular flexibility index (Phi) is 5.96. The largest absolute Gasteiger partial charge is 0.365 e. The third kappa shape index (κ3) is 4.48. The maximum atomic E-state index is 13.4. The van der Waals surface area contributed by atoms with Crippen LogP contribution in [0.2, 0.25) is 0 Å². The van der Waals surface area contributed by atoms with Crippen molar-refractivity contribution in [3.63, 3.8) is 0 Å². The van der Waals surface area contributed by atoms with Crippen LogP contribution in [0, 0.1) is 17.0 Å². The summed E-state index contributed by atoms with van der Waals surface area (Å²) in [6.07, 6.45) is 1.46. The molecule has 0 bridgehead atoms. The number of nitrogens with two attached hydrogens (primary N) is 1. The monoisotopic (exact) mass is 462 g/mol. The molecule has 2 aromatic carbocycles. The van der Waals surface area contributed by atoms with Crippen molar-refractivity contribution in [1.82, 2.24) is 9.55 Å². The summed E-state index contributed by atoms with van der Waals surface area (Å²) in [5, 5.41) is 15.3. The van der Waals surface area contributed by atoms with Gasteiger partial charge < -0.3 is 5.73 Å². The Morgan fingerprint density at radius 2 is 1.94 bits per heavy atom. The first-order valence-corrected chi connectivity index (χ1v) is 10.6. The van der Waals surface area contributed by atoms with Crippen molar-refractivity contribution < 1.29 is 9.72 Å². The Labute approximate surface area is 191 Å². The number of hydrogen-bond donors (Lipinski definition) is 2. The number of hydrogen-bond acceptors (Lipinski definition) is 8. The topological polar surface area (TPSA) is 146 Å². The summed E-state index contributed by atoms with van der Waals surface area (Å²) < 4.78 is 1.44. The van der Waals surface area contributed by atoms with Crippen LogP contribution in [-0.2, 0) is 6.54 Å². The van der Waals surface area contributed by atoms with E-state index in [2.05, 4.69) is 15.5 Å². The van der Waals surface area contributed by atoms with Crippen LogP contribution in [0.25, 0.3) is 10.2 Å². The number of carbonyl (C=O) groups excluding carboxylic acids is 1. The molecule has 0 spiro atoms. The number of carbonyl (C=O) groups is 1. The predicted octanol–water partition coefficient (Wildman–Crippen LogP) is 3.27. The molecule has 0 saturated heterocycles. The standard InChI is InChI=1S/C22H18N6O4S/c1-13-17-20(33-18(13)19(23)29)25-22(27(21(17)30)12-15-5-3-2-4-6-15)26-24-11-14-7-9-16(10-8-14)28(31)32/h2-11H,12H2,1H3,(H2,23,29)(H,25,26)/b24-11+. The van der Waals surface area contributed by atoms with E-state index in [1.807, 2.05) is 30.3 Å². The number of non-ortho nitro benzene ring substituents is 1. The van der Waals surface area contributed by atoms with Crippen molar-refractivity contribution in [2.75, 3.05) is 5.43 Å². The lowest BCUT2D eigenvalue weighted by atomic mass is 10.2. The second-order valence-corrected chi connectivity index (χ2v) is 8.13. The van der Waals surface area contributed by atoms with E-state index in [9.17, 15) is 19.7 Å². The van der Waals surface area contributed by atoms with Gasteiger partial charge >= 0.3 is 0 Å². The first-order valence-electron chi connectivity index (χ1n) is 9.76. The summed E-state index contributed by atoms with van der Waals surface area (Å²) in [5.74, 6) is -0.429. The number of nitro benzene ring substituents is 1. The molecule has 2 heterocycles. The number of anilines is 1. The molecule has 0 aliphatic rings. The van der Waals surface area contributed by atoms with Crippen LogP contribution < -0.4 is 16.7 Å². The molecule has 1 amide bonds. The minimum Gasteiger partial charge on any atom is -0.365 e. The van der Waals surface area contributed by atoms with Gasteiger partial charge in [-0.2, -0.15) is 5.10 Å². The fraction of sp³-hybridized carbons (Fsp3) is 0.0909. The molecular formula is C22H18N6O4S. The molecule has 4 aromatic rings. The Bertz CT molecular complexity index is 1440. The average molecular weight is 462 g/mol. The third-order valence-electron chi connectivity index (χ3n) is 4.94. The minimum absolute atomic E-state index is 0.0257. The van der Waals surface area contributed by atoms with Gasteiger partial charge in [0, 0.05) is 12.1 Å². The van der Waals surface area contributed by atoms with Gasteiger partial charge in [-0.25, -0.2) is 10.4 Å².